The van der Waals surface area contributed by atoms with Gasteiger partial charge in [-0.2, -0.15) is 0 Å². The summed E-state index contributed by atoms with van der Waals surface area (Å²) < 4.78 is 0. The van der Waals surface area contributed by atoms with Crippen molar-refractivity contribution in [3.63, 3.8) is 0 Å². The van der Waals surface area contributed by atoms with Gasteiger partial charge in [0.15, 0.2) is 0 Å². The monoisotopic (exact) mass is 327 g/mol. The van der Waals surface area contributed by atoms with Crippen LogP contribution in [0.5, 0.6) is 0 Å². The second-order valence-electron chi connectivity index (χ2n) is 6.40. The Morgan fingerprint density at radius 3 is 2.00 bits per heavy atom. The van der Waals surface area contributed by atoms with Gasteiger partial charge in [-0.15, -0.1) is 0 Å². The summed E-state index contributed by atoms with van der Waals surface area (Å²) in [4.78, 5) is 2.36. The first-order valence-electron chi connectivity index (χ1n) is 8.82. The lowest BCUT2D eigenvalue weighted by Crippen LogP contribution is -2.13. The molecule has 0 radical (unpaired) electrons. The highest BCUT2D eigenvalue weighted by Crippen LogP contribution is 2.39. The van der Waals surface area contributed by atoms with Gasteiger partial charge in [-0.1, -0.05) is 67.6 Å². The summed E-state index contributed by atoms with van der Waals surface area (Å²) in [6.45, 7) is 10.4. The summed E-state index contributed by atoms with van der Waals surface area (Å²) in [6.07, 6.45) is 2.88. The molecule has 0 aliphatic rings. The fourth-order valence-corrected chi connectivity index (χ4v) is 3.19. The van der Waals surface area contributed by atoms with Crippen molar-refractivity contribution < 1.29 is 0 Å². The van der Waals surface area contributed by atoms with Gasteiger partial charge >= 0.3 is 0 Å². The average molecular weight is 327 g/mol. The average Bonchev–Trinajstić information content (AvgIpc) is 2.65. The number of rotatable bonds is 5. The lowest BCUT2D eigenvalue weighted by molar-refractivity contribution is 1.10. The summed E-state index contributed by atoms with van der Waals surface area (Å²) in [5.41, 5.74) is 8.67. The molecular weight excluding hydrogens is 302 g/mol. The predicted octanol–water partition coefficient (Wildman–Crippen LogP) is 6.98. The van der Waals surface area contributed by atoms with Crippen molar-refractivity contribution in [3.8, 4) is 0 Å². The first-order chi connectivity index (χ1) is 12.1. The summed E-state index contributed by atoms with van der Waals surface area (Å²) in [7, 11) is 0. The molecular formula is C24H25N. The van der Waals surface area contributed by atoms with E-state index in [2.05, 4.69) is 99.0 Å². The fourth-order valence-electron chi connectivity index (χ4n) is 3.19. The molecule has 0 aliphatic carbocycles. The number of para-hydroxylation sites is 1. The number of benzene rings is 3. The molecule has 126 valence electrons. The molecule has 0 bridgehead atoms. The van der Waals surface area contributed by atoms with E-state index in [9.17, 15) is 0 Å². The normalized spacial score (nSPS) is 10.5. The van der Waals surface area contributed by atoms with Crippen LogP contribution in [0.15, 0.2) is 73.3 Å². The molecule has 0 amide bonds. The van der Waals surface area contributed by atoms with E-state index in [4.69, 9.17) is 0 Å². The van der Waals surface area contributed by atoms with E-state index >= 15 is 0 Å². The first-order valence-corrected chi connectivity index (χ1v) is 8.82. The molecule has 0 spiro atoms. The fraction of sp³-hybridized carbons (Fsp3) is 0.167. The molecule has 25 heavy (non-hydrogen) atoms. The highest BCUT2D eigenvalue weighted by Gasteiger charge is 2.17. The van der Waals surface area contributed by atoms with Gasteiger partial charge in [-0.25, -0.2) is 0 Å². The summed E-state index contributed by atoms with van der Waals surface area (Å²) in [5.74, 6) is 0. The highest BCUT2D eigenvalue weighted by molar-refractivity contribution is 5.80. The Morgan fingerprint density at radius 2 is 1.44 bits per heavy atom. The topological polar surface area (TPSA) is 3.24 Å². The zero-order valence-corrected chi connectivity index (χ0v) is 15.3. The van der Waals surface area contributed by atoms with Gasteiger partial charge in [0.1, 0.15) is 0 Å². The van der Waals surface area contributed by atoms with Crippen LogP contribution in [0.3, 0.4) is 0 Å². The van der Waals surface area contributed by atoms with Gasteiger partial charge in [-0.05, 0) is 61.2 Å². The lowest BCUT2D eigenvalue weighted by Gasteiger charge is -2.29. The van der Waals surface area contributed by atoms with Crippen molar-refractivity contribution in [1.29, 1.82) is 0 Å². The van der Waals surface area contributed by atoms with Gasteiger partial charge < -0.3 is 4.90 Å². The molecule has 0 heterocycles. The van der Waals surface area contributed by atoms with Crippen LogP contribution in [0, 0.1) is 13.8 Å². The maximum atomic E-state index is 3.86. The van der Waals surface area contributed by atoms with Gasteiger partial charge in [0.2, 0.25) is 0 Å². The van der Waals surface area contributed by atoms with E-state index in [0.717, 1.165) is 12.0 Å². The molecule has 0 atom stereocenters. The Balaban J connectivity index is 2.22. The third-order valence-corrected chi connectivity index (χ3v) is 4.60. The quantitative estimate of drug-likeness (QED) is 0.488. The maximum absolute atomic E-state index is 3.86. The van der Waals surface area contributed by atoms with Crippen LogP contribution in [0.1, 0.15) is 29.2 Å². The number of hydrogen-bond donors (Lipinski definition) is 0. The van der Waals surface area contributed by atoms with E-state index in [1.165, 1.54) is 33.8 Å². The minimum absolute atomic E-state index is 1.00. The van der Waals surface area contributed by atoms with Crippen molar-refractivity contribution in [2.24, 2.45) is 0 Å². The third kappa shape index (κ3) is 3.51. The minimum Gasteiger partial charge on any atom is -0.310 e. The Kier molecular flexibility index (Phi) is 5.04. The van der Waals surface area contributed by atoms with Crippen LogP contribution in [-0.4, -0.2) is 0 Å². The molecule has 0 aliphatic heterocycles. The largest absolute Gasteiger partial charge is 0.310 e. The van der Waals surface area contributed by atoms with Gasteiger partial charge in [-0.3, -0.25) is 0 Å². The molecule has 0 fully saturated rings. The SMILES string of the molecule is C=Cc1ccc(N(c2ccc(C)cc2)c2c(C)cccc2CC)cc1. The van der Waals surface area contributed by atoms with Gasteiger partial charge in [0, 0.05) is 11.4 Å². The number of hydrogen-bond acceptors (Lipinski definition) is 1. The molecule has 0 aromatic heterocycles. The zero-order valence-electron chi connectivity index (χ0n) is 15.3. The molecule has 1 heteroatoms. The first kappa shape index (κ1) is 17.0. The zero-order chi connectivity index (χ0) is 17.8. The second-order valence-corrected chi connectivity index (χ2v) is 6.40. The maximum Gasteiger partial charge on any atom is 0.0522 e. The molecule has 1 nitrogen and oxygen atoms in total. The Labute approximate surface area is 151 Å². The van der Waals surface area contributed by atoms with Crippen molar-refractivity contribution in [2.45, 2.75) is 27.2 Å². The van der Waals surface area contributed by atoms with Crippen LogP contribution in [0.25, 0.3) is 6.08 Å². The third-order valence-electron chi connectivity index (χ3n) is 4.60. The van der Waals surface area contributed by atoms with E-state index in [1.54, 1.807) is 0 Å². The van der Waals surface area contributed by atoms with Crippen molar-refractivity contribution in [1.82, 2.24) is 0 Å². The van der Waals surface area contributed by atoms with Crippen LogP contribution < -0.4 is 4.90 Å². The lowest BCUT2D eigenvalue weighted by atomic mass is 10.0. The van der Waals surface area contributed by atoms with Crippen molar-refractivity contribution in [3.05, 3.63) is 95.6 Å². The molecule has 0 N–H and O–H groups in total. The highest BCUT2D eigenvalue weighted by atomic mass is 15.1. The molecule has 3 aromatic rings. The summed E-state index contributed by atoms with van der Waals surface area (Å²) in [6, 6.07) is 23.9. The Bertz CT molecular complexity index is 858. The minimum atomic E-state index is 1.00. The molecule has 3 aromatic carbocycles. The molecule has 0 saturated heterocycles. The molecule has 0 unspecified atom stereocenters. The molecule has 3 rings (SSSR count). The van der Waals surface area contributed by atoms with Crippen LogP contribution in [0.2, 0.25) is 0 Å². The number of nitrogens with zero attached hydrogens (tertiary/aromatic N) is 1. The Morgan fingerprint density at radius 1 is 0.840 bits per heavy atom. The van der Waals surface area contributed by atoms with E-state index < -0.39 is 0 Å². The van der Waals surface area contributed by atoms with E-state index in [1.807, 2.05) is 6.08 Å². The van der Waals surface area contributed by atoms with Crippen LogP contribution in [0.4, 0.5) is 17.1 Å². The van der Waals surface area contributed by atoms with Gasteiger partial charge in [0.25, 0.3) is 0 Å². The standard InChI is InChI=1S/C24H25N/c1-5-20-12-16-23(17-13-20)25(22-14-10-18(3)11-15-22)24-19(4)8-7-9-21(24)6-2/h5,7-17H,1,6H2,2-4H3. The van der Waals surface area contributed by atoms with Crippen LogP contribution >= 0.6 is 0 Å². The predicted molar refractivity (Wildman–Crippen MR) is 110 cm³/mol. The summed E-state index contributed by atoms with van der Waals surface area (Å²) in [5, 5.41) is 0. The molecule has 0 saturated carbocycles. The van der Waals surface area contributed by atoms with E-state index in [0.29, 0.717) is 0 Å². The smallest absolute Gasteiger partial charge is 0.0522 e. The summed E-state index contributed by atoms with van der Waals surface area (Å²) >= 11 is 0. The number of aryl methyl sites for hydroxylation is 3. The van der Waals surface area contributed by atoms with Crippen molar-refractivity contribution >= 4 is 23.1 Å². The van der Waals surface area contributed by atoms with Crippen molar-refractivity contribution in [2.75, 3.05) is 4.90 Å². The van der Waals surface area contributed by atoms with Gasteiger partial charge in [0.05, 0.1) is 5.69 Å². The van der Waals surface area contributed by atoms with E-state index in [-0.39, 0.29) is 0 Å². The second kappa shape index (κ2) is 7.40. The van der Waals surface area contributed by atoms with Crippen LogP contribution in [-0.2, 0) is 6.42 Å². The number of anilines is 3. The Hall–Kier alpha value is -2.80.